The lowest BCUT2D eigenvalue weighted by Crippen LogP contribution is -2.45. The third-order valence-corrected chi connectivity index (χ3v) is 5.61. The Morgan fingerprint density at radius 2 is 1.96 bits per heavy atom. The van der Waals surface area contributed by atoms with Gasteiger partial charge in [0.15, 0.2) is 0 Å². The van der Waals surface area contributed by atoms with Gasteiger partial charge in [-0.25, -0.2) is 9.97 Å². The molecule has 0 amide bonds. The normalized spacial score (nSPS) is 21.0. The Hall–Kier alpha value is -2.05. The van der Waals surface area contributed by atoms with Crippen LogP contribution >= 0.6 is 0 Å². The second kappa shape index (κ2) is 7.68. The van der Waals surface area contributed by atoms with E-state index in [0.29, 0.717) is 6.04 Å². The van der Waals surface area contributed by atoms with Crippen molar-refractivity contribution in [1.29, 1.82) is 0 Å². The zero-order valence-corrected chi connectivity index (χ0v) is 15.8. The fraction of sp³-hybridized carbons (Fsp3) is 0.550. The average Bonchev–Trinajstić information content (AvgIpc) is 2.68. The SMILES string of the molecule is CN1CCN(c2ccnc(CN(C)C3CCCc4cccnc43)n2)CC1. The van der Waals surface area contributed by atoms with Crippen molar-refractivity contribution >= 4 is 5.82 Å². The second-order valence-corrected chi connectivity index (χ2v) is 7.49. The quantitative estimate of drug-likeness (QED) is 0.840. The molecule has 1 aliphatic carbocycles. The predicted octanol–water partition coefficient (Wildman–Crippen LogP) is 2.13. The van der Waals surface area contributed by atoms with E-state index in [-0.39, 0.29) is 0 Å². The number of hydrogen-bond donors (Lipinski definition) is 0. The van der Waals surface area contributed by atoms with Gasteiger partial charge in [0.1, 0.15) is 11.6 Å². The van der Waals surface area contributed by atoms with Crippen LogP contribution in [0.3, 0.4) is 0 Å². The van der Waals surface area contributed by atoms with Crippen molar-refractivity contribution in [2.45, 2.75) is 31.8 Å². The number of fused-ring (bicyclic) bond motifs is 1. The van der Waals surface area contributed by atoms with E-state index in [1.807, 2.05) is 24.5 Å². The van der Waals surface area contributed by atoms with Crippen LogP contribution < -0.4 is 4.90 Å². The summed E-state index contributed by atoms with van der Waals surface area (Å²) in [6, 6.07) is 6.65. The lowest BCUT2D eigenvalue weighted by Gasteiger charge is -2.34. The molecule has 1 atom stereocenters. The van der Waals surface area contributed by atoms with Crippen LogP contribution in [0.2, 0.25) is 0 Å². The number of piperazine rings is 1. The molecule has 4 rings (SSSR count). The fourth-order valence-electron chi connectivity index (χ4n) is 4.02. The van der Waals surface area contributed by atoms with E-state index in [0.717, 1.165) is 57.2 Å². The summed E-state index contributed by atoms with van der Waals surface area (Å²) in [5.41, 5.74) is 2.62. The minimum absolute atomic E-state index is 0.357. The van der Waals surface area contributed by atoms with E-state index < -0.39 is 0 Å². The standard InChI is InChI=1S/C20H28N6/c1-24-11-13-26(14-12-24)19-8-10-21-18(23-19)15-25(2)17-7-3-5-16-6-4-9-22-20(16)17/h4,6,8-10,17H,3,5,7,11-15H2,1-2H3. The molecule has 2 aromatic heterocycles. The Kier molecular flexibility index (Phi) is 5.13. The highest BCUT2D eigenvalue weighted by molar-refractivity contribution is 5.38. The molecule has 1 fully saturated rings. The van der Waals surface area contributed by atoms with Gasteiger partial charge in [-0.05, 0) is 51.1 Å². The number of nitrogens with zero attached hydrogens (tertiary/aromatic N) is 6. The van der Waals surface area contributed by atoms with Gasteiger partial charge in [-0.15, -0.1) is 0 Å². The Bertz CT molecular complexity index is 741. The minimum Gasteiger partial charge on any atom is -0.354 e. The Labute approximate surface area is 155 Å². The molecule has 0 spiro atoms. The van der Waals surface area contributed by atoms with Gasteiger partial charge >= 0.3 is 0 Å². The van der Waals surface area contributed by atoms with Gasteiger partial charge in [-0.3, -0.25) is 9.88 Å². The first-order chi connectivity index (χ1) is 12.7. The predicted molar refractivity (Wildman–Crippen MR) is 103 cm³/mol. The maximum atomic E-state index is 4.85. The minimum atomic E-state index is 0.357. The third kappa shape index (κ3) is 3.71. The van der Waals surface area contributed by atoms with Crippen molar-refractivity contribution in [2.24, 2.45) is 0 Å². The van der Waals surface area contributed by atoms with Gasteiger partial charge < -0.3 is 9.80 Å². The lowest BCUT2D eigenvalue weighted by molar-refractivity contribution is 0.203. The summed E-state index contributed by atoms with van der Waals surface area (Å²) >= 11 is 0. The van der Waals surface area contributed by atoms with Crippen molar-refractivity contribution < 1.29 is 0 Å². The summed E-state index contributed by atoms with van der Waals surface area (Å²) in [6.07, 6.45) is 7.32. The van der Waals surface area contributed by atoms with Gasteiger partial charge in [0.05, 0.1) is 18.3 Å². The molecule has 0 radical (unpaired) electrons. The molecular weight excluding hydrogens is 324 g/mol. The number of anilines is 1. The van der Waals surface area contributed by atoms with Crippen LogP contribution in [-0.4, -0.2) is 65.0 Å². The summed E-state index contributed by atoms with van der Waals surface area (Å²) in [7, 11) is 4.34. The average molecular weight is 352 g/mol. The van der Waals surface area contributed by atoms with Crippen LogP contribution in [0.15, 0.2) is 30.6 Å². The molecule has 1 saturated heterocycles. The fourth-order valence-corrected chi connectivity index (χ4v) is 4.02. The number of pyridine rings is 1. The molecule has 2 aromatic rings. The molecule has 0 saturated carbocycles. The zero-order valence-electron chi connectivity index (χ0n) is 15.8. The smallest absolute Gasteiger partial charge is 0.144 e. The molecule has 0 aromatic carbocycles. The van der Waals surface area contributed by atoms with Crippen molar-refractivity contribution in [3.63, 3.8) is 0 Å². The van der Waals surface area contributed by atoms with Crippen LogP contribution in [0.1, 0.15) is 36.0 Å². The highest BCUT2D eigenvalue weighted by Gasteiger charge is 2.25. The van der Waals surface area contributed by atoms with Gasteiger partial charge in [-0.1, -0.05) is 6.07 Å². The number of hydrogen-bond acceptors (Lipinski definition) is 6. The summed E-state index contributed by atoms with van der Waals surface area (Å²) in [5, 5.41) is 0. The number of aryl methyl sites for hydroxylation is 1. The van der Waals surface area contributed by atoms with E-state index in [9.17, 15) is 0 Å². The van der Waals surface area contributed by atoms with Gasteiger partial charge in [0.2, 0.25) is 0 Å². The van der Waals surface area contributed by atoms with Crippen LogP contribution in [0.25, 0.3) is 0 Å². The Balaban J connectivity index is 1.47. The van der Waals surface area contributed by atoms with E-state index in [1.165, 1.54) is 17.7 Å². The van der Waals surface area contributed by atoms with Gasteiger partial charge in [0.25, 0.3) is 0 Å². The summed E-state index contributed by atoms with van der Waals surface area (Å²) in [5.74, 6) is 1.95. The van der Waals surface area contributed by atoms with Crippen molar-refractivity contribution in [2.75, 3.05) is 45.2 Å². The first-order valence-corrected chi connectivity index (χ1v) is 9.60. The van der Waals surface area contributed by atoms with Crippen molar-refractivity contribution in [3.05, 3.63) is 47.7 Å². The molecule has 0 bridgehead atoms. The Morgan fingerprint density at radius 3 is 2.81 bits per heavy atom. The zero-order chi connectivity index (χ0) is 17.9. The molecule has 2 aliphatic rings. The summed E-state index contributed by atoms with van der Waals surface area (Å²) in [6.45, 7) is 4.99. The summed E-state index contributed by atoms with van der Waals surface area (Å²) in [4.78, 5) is 21.1. The first-order valence-electron chi connectivity index (χ1n) is 9.60. The van der Waals surface area contributed by atoms with Crippen LogP contribution in [0.4, 0.5) is 5.82 Å². The van der Waals surface area contributed by atoms with Gasteiger partial charge in [0, 0.05) is 38.6 Å². The molecule has 1 unspecified atom stereocenters. The van der Waals surface area contributed by atoms with E-state index in [4.69, 9.17) is 4.98 Å². The maximum Gasteiger partial charge on any atom is 0.144 e. The summed E-state index contributed by atoms with van der Waals surface area (Å²) < 4.78 is 0. The maximum absolute atomic E-state index is 4.85. The third-order valence-electron chi connectivity index (χ3n) is 5.61. The first kappa shape index (κ1) is 17.4. The van der Waals surface area contributed by atoms with E-state index in [1.54, 1.807) is 0 Å². The topological polar surface area (TPSA) is 48.4 Å². The molecule has 3 heterocycles. The number of aromatic nitrogens is 3. The van der Waals surface area contributed by atoms with Crippen LogP contribution in [0, 0.1) is 0 Å². The van der Waals surface area contributed by atoms with Crippen LogP contribution in [0.5, 0.6) is 0 Å². The van der Waals surface area contributed by atoms with Crippen molar-refractivity contribution in [3.8, 4) is 0 Å². The Morgan fingerprint density at radius 1 is 1.12 bits per heavy atom. The molecular formula is C20H28N6. The molecule has 1 aliphatic heterocycles. The highest BCUT2D eigenvalue weighted by atomic mass is 15.3. The number of likely N-dealkylation sites (N-methyl/N-ethyl adjacent to an activating group) is 1. The van der Waals surface area contributed by atoms with Gasteiger partial charge in [-0.2, -0.15) is 0 Å². The molecule has 6 heteroatoms. The van der Waals surface area contributed by atoms with E-state index in [2.05, 4.69) is 44.8 Å². The lowest BCUT2D eigenvalue weighted by atomic mass is 9.91. The highest BCUT2D eigenvalue weighted by Crippen LogP contribution is 2.32. The molecule has 138 valence electrons. The molecule has 0 N–H and O–H groups in total. The largest absolute Gasteiger partial charge is 0.354 e. The molecule has 26 heavy (non-hydrogen) atoms. The molecule has 6 nitrogen and oxygen atoms in total. The van der Waals surface area contributed by atoms with Crippen molar-refractivity contribution in [1.82, 2.24) is 24.8 Å². The van der Waals surface area contributed by atoms with Crippen LogP contribution in [-0.2, 0) is 13.0 Å². The second-order valence-electron chi connectivity index (χ2n) is 7.49. The monoisotopic (exact) mass is 352 g/mol. The van der Waals surface area contributed by atoms with E-state index >= 15 is 0 Å². The number of rotatable bonds is 4.